The minimum absolute atomic E-state index is 0. The van der Waals surface area contributed by atoms with Crippen molar-refractivity contribution in [2.45, 2.75) is 25.9 Å². The van der Waals surface area contributed by atoms with Crippen molar-refractivity contribution in [2.75, 3.05) is 27.9 Å². The van der Waals surface area contributed by atoms with Gasteiger partial charge in [-0.2, -0.15) is 0 Å². The van der Waals surface area contributed by atoms with Crippen LogP contribution < -0.4 is 24.8 Å². The molecule has 1 aromatic heterocycles. The van der Waals surface area contributed by atoms with Gasteiger partial charge in [-0.05, 0) is 42.0 Å². The zero-order chi connectivity index (χ0) is 19.8. The van der Waals surface area contributed by atoms with Crippen molar-refractivity contribution in [3.8, 4) is 17.4 Å². The van der Waals surface area contributed by atoms with Crippen LogP contribution in [0.4, 0.5) is 0 Å². The molecule has 2 aromatic rings. The highest BCUT2D eigenvalue weighted by molar-refractivity contribution is 14.0. The molecular weight excluding hydrogens is 483 g/mol. The molecule has 29 heavy (non-hydrogen) atoms. The van der Waals surface area contributed by atoms with E-state index in [9.17, 15) is 0 Å². The summed E-state index contributed by atoms with van der Waals surface area (Å²) >= 11 is 0. The normalized spacial score (nSPS) is 13.3. The molecule has 1 fully saturated rings. The highest BCUT2D eigenvalue weighted by Crippen LogP contribution is 2.29. The van der Waals surface area contributed by atoms with Gasteiger partial charge in [0.15, 0.2) is 17.5 Å². The summed E-state index contributed by atoms with van der Waals surface area (Å²) in [5.41, 5.74) is 2.13. The molecule has 0 bridgehead atoms. The Bertz CT molecular complexity index is 795. The third kappa shape index (κ3) is 7.26. The van der Waals surface area contributed by atoms with Crippen molar-refractivity contribution in [1.82, 2.24) is 15.6 Å². The van der Waals surface area contributed by atoms with Gasteiger partial charge in [-0.3, -0.25) is 4.99 Å². The molecule has 8 heteroatoms. The second-order valence-electron chi connectivity index (χ2n) is 6.73. The van der Waals surface area contributed by atoms with Gasteiger partial charge in [0, 0.05) is 32.4 Å². The number of hydrogen-bond donors (Lipinski definition) is 2. The van der Waals surface area contributed by atoms with Crippen LogP contribution >= 0.6 is 24.0 Å². The molecule has 0 radical (unpaired) electrons. The topological polar surface area (TPSA) is 77.0 Å². The number of aromatic nitrogens is 1. The van der Waals surface area contributed by atoms with Crippen molar-refractivity contribution in [1.29, 1.82) is 0 Å². The number of guanidine groups is 1. The second-order valence-corrected chi connectivity index (χ2v) is 6.73. The van der Waals surface area contributed by atoms with Crippen LogP contribution in [0.2, 0.25) is 0 Å². The van der Waals surface area contributed by atoms with Crippen LogP contribution in [0.3, 0.4) is 0 Å². The van der Waals surface area contributed by atoms with E-state index >= 15 is 0 Å². The lowest BCUT2D eigenvalue weighted by atomic mass is 10.2. The van der Waals surface area contributed by atoms with Crippen LogP contribution in [-0.2, 0) is 13.1 Å². The zero-order valence-electron chi connectivity index (χ0n) is 17.1. The van der Waals surface area contributed by atoms with Gasteiger partial charge in [-0.1, -0.05) is 12.1 Å². The van der Waals surface area contributed by atoms with Crippen LogP contribution in [0, 0.1) is 5.92 Å². The lowest BCUT2D eigenvalue weighted by molar-refractivity contribution is 0.288. The first kappa shape index (κ1) is 23.1. The molecule has 1 aliphatic carbocycles. The number of methoxy groups -OCH3 is 2. The van der Waals surface area contributed by atoms with E-state index in [-0.39, 0.29) is 24.0 Å². The first-order chi connectivity index (χ1) is 13.7. The molecule has 7 nitrogen and oxygen atoms in total. The summed E-state index contributed by atoms with van der Waals surface area (Å²) in [6.07, 6.45) is 4.38. The van der Waals surface area contributed by atoms with Gasteiger partial charge in [0.25, 0.3) is 0 Å². The Hall–Kier alpha value is -2.23. The summed E-state index contributed by atoms with van der Waals surface area (Å²) < 4.78 is 16.3. The Morgan fingerprint density at radius 3 is 2.31 bits per heavy atom. The number of ether oxygens (including phenoxy) is 3. The standard InChI is InChI=1S/C21H28N4O3.HI/c1-22-21(24-11-16-6-8-18(26-2)19(10-16)27-3)25-13-17-7-9-20(23-12-17)28-14-15-4-5-15;/h6-10,12,15H,4-5,11,13-14H2,1-3H3,(H2,22,24,25);1H. The molecule has 1 aliphatic rings. The van der Waals surface area contributed by atoms with E-state index in [4.69, 9.17) is 14.2 Å². The number of nitrogens with one attached hydrogen (secondary N) is 2. The van der Waals surface area contributed by atoms with E-state index in [1.165, 1.54) is 12.8 Å². The molecular formula is C21H29IN4O3. The lowest BCUT2D eigenvalue weighted by Crippen LogP contribution is -2.36. The highest BCUT2D eigenvalue weighted by atomic mass is 127. The largest absolute Gasteiger partial charge is 0.493 e. The average molecular weight is 512 g/mol. The van der Waals surface area contributed by atoms with E-state index < -0.39 is 0 Å². The van der Waals surface area contributed by atoms with E-state index in [2.05, 4.69) is 20.6 Å². The monoisotopic (exact) mass is 512 g/mol. The maximum Gasteiger partial charge on any atom is 0.213 e. The van der Waals surface area contributed by atoms with Crippen molar-refractivity contribution < 1.29 is 14.2 Å². The van der Waals surface area contributed by atoms with Gasteiger partial charge in [0.2, 0.25) is 5.88 Å². The predicted octanol–water partition coefficient (Wildman–Crippen LogP) is 3.37. The second kappa shape index (κ2) is 11.7. The summed E-state index contributed by atoms with van der Waals surface area (Å²) in [6, 6.07) is 9.77. The Kier molecular flexibility index (Phi) is 9.30. The molecule has 1 saturated carbocycles. The maximum absolute atomic E-state index is 5.67. The lowest BCUT2D eigenvalue weighted by Gasteiger charge is -2.13. The van der Waals surface area contributed by atoms with Gasteiger partial charge in [0.05, 0.1) is 20.8 Å². The van der Waals surface area contributed by atoms with Gasteiger partial charge in [-0.25, -0.2) is 4.98 Å². The van der Waals surface area contributed by atoms with Crippen LogP contribution in [-0.4, -0.2) is 38.8 Å². The van der Waals surface area contributed by atoms with Crippen LogP contribution in [0.15, 0.2) is 41.5 Å². The predicted molar refractivity (Wildman–Crippen MR) is 124 cm³/mol. The molecule has 3 rings (SSSR count). The Balaban J connectivity index is 0.00000300. The van der Waals surface area contributed by atoms with E-state index in [1.807, 2.05) is 36.5 Å². The smallest absolute Gasteiger partial charge is 0.213 e. The van der Waals surface area contributed by atoms with Crippen molar-refractivity contribution in [3.05, 3.63) is 47.7 Å². The van der Waals surface area contributed by atoms with Crippen LogP contribution in [0.1, 0.15) is 24.0 Å². The molecule has 2 N–H and O–H groups in total. The number of pyridine rings is 1. The Morgan fingerprint density at radius 1 is 1.03 bits per heavy atom. The van der Waals surface area contributed by atoms with E-state index in [0.717, 1.165) is 23.7 Å². The SMILES string of the molecule is CN=C(NCc1ccc(OCC2CC2)nc1)NCc1ccc(OC)c(OC)c1.I. The number of nitrogens with zero attached hydrogens (tertiary/aromatic N) is 2. The van der Waals surface area contributed by atoms with E-state index in [1.54, 1.807) is 21.3 Å². The van der Waals surface area contributed by atoms with Gasteiger partial charge in [-0.15, -0.1) is 24.0 Å². The molecule has 158 valence electrons. The molecule has 0 amide bonds. The summed E-state index contributed by atoms with van der Waals surface area (Å²) in [7, 11) is 5.00. The average Bonchev–Trinajstić information content (AvgIpc) is 3.57. The number of rotatable bonds is 9. The number of aliphatic imine (C=N–C) groups is 1. The van der Waals surface area contributed by atoms with Crippen LogP contribution in [0.25, 0.3) is 0 Å². The summed E-state index contributed by atoms with van der Waals surface area (Å²) in [5, 5.41) is 6.58. The van der Waals surface area contributed by atoms with Gasteiger partial charge >= 0.3 is 0 Å². The summed E-state index contributed by atoms with van der Waals surface area (Å²) in [4.78, 5) is 8.62. The molecule has 0 saturated heterocycles. The molecule has 0 spiro atoms. The van der Waals surface area contributed by atoms with Gasteiger partial charge in [0.1, 0.15) is 0 Å². The Morgan fingerprint density at radius 2 is 1.72 bits per heavy atom. The highest BCUT2D eigenvalue weighted by Gasteiger charge is 2.22. The Labute approximate surface area is 189 Å². The number of hydrogen-bond acceptors (Lipinski definition) is 5. The van der Waals surface area contributed by atoms with Crippen molar-refractivity contribution in [3.63, 3.8) is 0 Å². The minimum atomic E-state index is 0. The number of benzene rings is 1. The molecule has 0 atom stereocenters. The van der Waals surface area contributed by atoms with Gasteiger partial charge < -0.3 is 24.8 Å². The first-order valence-electron chi connectivity index (χ1n) is 9.45. The zero-order valence-corrected chi connectivity index (χ0v) is 19.4. The maximum atomic E-state index is 5.67. The van der Waals surface area contributed by atoms with Crippen molar-refractivity contribution >= 4 is 29.9 Å². The fourth-order valence-corrected chi connectivity index (χ4v) is 2.67. The summed E-state index contributed by atoms with van der Waals surface area (Å²) in [5.74, 6) is 3.55. The summed E-state index contributed by atoms with van der Waals surface area (Å²) in [6.45, 7) is 2.02. The first-order valence-corrected chi connectivity index (χ1v) is 9.45. The fraction of sp³-hybridized carbons (Fsp3) is 0.429. The molecule has 0 unspecified atom stereocenters. The third-order valence-corrected chi connectivity index (χ3v) is 4.55. The minimum Gasteiger partial charge on any atom is -0.493 e. The van der Waals surface area contributed by atoms with E-state index in [0.29, 0.717) is 36.4 Å². The van der Waals surface area contributed by atoms with Crippen LogP contribution in [0.5, 0.6) is 17.4 Å². The fourth-order valence-electron chi connectivity index (χ4n) is 2.67. The van der Waals surface area contributed by atoms with Crippen molar-refractivity contribution in [2.24, 2.45) is 10.9 Å². The molecule has 0 aliphatic heterocycles. The number of halogens is 1. The molecule has 1 heterocycles. The molecule has 1 aromatic carbocycles. The quantitative estimate of drug-likeness (QED) is 0.305. The third-order valence-electron chi connectivity index (χ3n) is 4.55.